The molecule has 118 valence electrons. The molecule has 0 unspecified atom stereocenters. The van der Waals surface area contributed by atoms with Gasteiger partial charge in [-0.15, -0.1) is 0 Å². The molecule has 1 aromatic carbocycles. The Morgan fingerprint density at radius 1 is 1.41 bits per heavy atom. The fourth-order valence-corrected chi connectivity index (χ4v) is 1.90. The van der Waals surface area contributed by atoms with Gasteiger partial charge in [0.15, 0.2) is 0 Å². The van der Waals surface area contributed by atoms with Crippen molar-refractivity contribution in [3.8, 4) is 5.75 Å². The van der Waals surface area contributed by atoms with E-state index in [0.717, 1.165) is 11.4 Å². The van der Waals surface area contributed by atoms with Crippen LogP contribution in [0.2, 0.25) is 5.02 Å². The van der Waals surface area contributed by atoms with Crippen molar-refractivity contribution >= 4 is 23.4 Å². The third-order valence-electron chi connectivity index (χ3n) is 2.86. The predicted octanol–water partition coefficient (Wildman–Crippen LogP) is 2.59. The van der Waals surface area contributed by atoms with Crippen LogP contribution in [-0.4, -0.2) is 42.7 Å². The van der Waals surface area contributed by atoms with Gasteiger partial charge in [0, 0.05) is 17.6 Å². The minimum atomic E-state index is -0.162. The summed E-state index contributed by atoms with van der Waals surface area (Å²) < 4.78 is 10.5. The molecule has 0 aliphatic heterocycles. The van der Waals surface area contributed by atoms with Crippen LogP contribution in [0.25, 0.3) is 0 Å². The van der Waals surface area contributed by atoms with Gasteiger partial charge in [0.05, 0.1) is 12.2 Å². The van der Waals surface area contributed by atoms with Crippen LogP contribution in [0.3, 0.4) is 0 Å². The van der Waals surface area contributed by atoms with Crippen molar-refractivity contribution in [3.05, 3.63) is 41.0 Å². The number of nitrogens with one attached hydrogen (secondary N) is 1. The molecule has 1 amide bonds. The Kier molecular flexibility index (Phi) is 5.80. The van der Waals surface area contributed by atoms with E-state index in [9.17, 15) is 4.79 Å². The molecule has 0 aliphatic rings. The van der Waals surface area contributed by atoms with E-state index in [0.29, 0.717) is 24.1 Å². The van der Waals surface area contributed by atoms with Crippen LogP contribution < -0.4 is 10.1 Å². The van der Waals surface area contributed by atoms with E-state index in [1.807, 2.05) is 11.9 Å². The van der Waals surface area contributed by atoms with Gasteiger partial charge in [-0.1, -0.05) is 16.8 Å². The zero-order chi connectivity index (χ0) is 15.9. The lowest BCUT2D eigenvalue weighted by molar-refractivity contribution is -0.117. The number of nitrogens with zero attached hydrogens (tertiary/aromatic N) is 2. The summed E-state index contributed by atoms with van der Waals surface area (Å²) in [6.07, 6.45) is 0. The summed E-state index contributed by atoms with van der Waals surface area (Å²) in [6, 6.07) is 8.82. The van der Waals surface area contributed by atoms with Gasteiger partial charge in [0.2, 0.25) is 11.8 Å². The van der Waals surface area contributed by atoms with E-state index in [2.05, 4.69) is 10.5 Å². The van der Waals surface area contributed by atoms with Crippen molar-refractivity contribution in [2.75, 3.05) is 32.1 Å². The van der Waals surface area contributed by atoms with E-state index in [4.69, 9.17) is 20.9 Å². The van der Waals surface area contributed by atoms with Crippen LogP contribution in [0.4, 0.5) is 5.88 Å². The highest BCUT2D eigenvalue weighted by atomic mass is 35.5. The second kappa shape index (κ2) is 7.82. The maximum atomic E-state index is 11.8. The van der Waals surface area contributed by atoms with Gasteiger partial charge in [-0.3, -0.25) is 15.0 Å². The Morgan fingerprint density at radius 3 is 2.77 bits per heavy atom. The molecular weight excluding hydrogens is 306 g/mol. The maximum Gasteiger partial charge on any atom is 0.240 e. The number of hydrogen-bond acceptors (Lipinski definition) is 5. The molecule has 0 spiro atoms. The van der Waals surface area contributed by atoms with Crippen molar-refractivity contribution in [2.45, 2.75) is 6.92 Å². The number of ether oxygens (including phenoxy) is 1. The van der Waals surface area contributed by atoms with Gasteiger partial charge in [0.1, 0.15) is 12.4 Å². The van der Waals surface area contributed by atoms with Gasteiger partial charge in [-0.05, 0) is 38.2 Å². The molecule has 1 N–H and O–H groups in total. The Bertz CT molecular complexity index is 613. The van der Waals surface area contributed by atoms with E-state index in [1.54, 1.807) is 37.3 Å². The topological polar surface area (TPSA) is 67.6 Å². The van der Waals surface area contributed by atoms with Crippen molar-refractivity contribution < 1.29 is 14.1 Å². The van der Waals surface area contributed by atoms with E-state index in [1.165, 1.54) is 0 Å². The number of carbonyl (C=O) groups is 1. The van der Waals surface area contributed by atoms with Crippen molar-refractivity contribution in [3.63, 3.8) is 0 Å². The maximum absolute atomic E-state index is 11.8. The Morgan fingerprint density at radius 2 is 2.14 bits per heavy atom. The summed E-state index contributed by atoms with van der Waals surface area (Å²) >= 11 is 5.80. The summed E-state index contributed by atoms with van der Waals surface area (Å²) in [4.78, 5) is 13.7. The number of amides is 1. The molecule has 6 nitrogen and oxygen atoms in total. The van der Waals surface area contributed by atoms with Crippen molar-refractivity contribution in [2.24, 2.45) is 0 Å². The van der Waals surface area contributed by atoms with Crippen molar-refractivity contribution in [1.29, 1.82) is 0 Å². The molecule has 0 saturated heterocycles. The second-order valence-electron chi connectivity index (χ2n) is 4.92. The van der Waals surface area contributed by atoms with Crippen LogP contribution in [0.15, 0.2) is 34.9 Å². The number of likely N-dealkylation sites (N-methyl/N-ethyl adjacent to an activating group) is 1. The smallest absolute Gasteiger partial charge is 0.240 e. The molecule has 0 atom stereocenters. The number of aryl methyl sites for hydroxylation is 1. The van der Waals surface area contributed by atoms with Gasteiger partial charge in [-0.25, -0.2) is 0 Å². The predicted molar refractivity (Wildman–Crippen MR) is 84.3 cm³/mol. The first-order chi connectivity index (χ1) is 10.5. The molecule has 2 aromatic rings. The highest BCUT2D eigenvalue weighted by Gasteiger charge is 2.09. The monoisotopic (exact) mass is 323 g/mol. The van der Waals surface area contributed by atoms with Crippen LogP contribution in [-0.2, 0) is 4.79 Å². The fraction of sp³-hybridized carbons (Fsp3) is 0.333. The Hall–Kier alpha value is -2.05. The Balaban J connectivity index is 1.67. The zero-order valence-corrected chi connectivity index (χ0v) is 13.3. The molecule has 0 fully saturated rings. The lowest BCUT2D eigenvalue weighted by Gasteiger charge is -2.16. The number of rotatable bonds is 7. The first-order valence-electron chi connectivity index (χ1n) is 6.83. The molecular formula is C15H18ClN3O3. The fourth-order valence-electron chi connectivity index (χ4n) is 1.77. The first-order valence-corrected chi connectivity index (χ1v) is 7.21. The van der Waals surface area contributed by atoms with E-state index >= 15 is 0 Å². The van der Waals surface area contributed by atoms with Gasteiger partial charge < -0.3 is 9.26 Å². The lowest BCUT2D eigenvalue weighted by atomic mass is 10.3. The van der Waals surface area contributed by atoms with Crippen LogP contribution in [0, 0.1) is 6.92 Å². The number of halogens is 1. The van der Waals surface area contributed by atoms with E-state index < -0.39 is 0 Å². The number of hydrogen-bond donors (Lipinski definition) is 1. The standard InChI is InChI=1S/C15H18ClN3O3/c1-11-9-15(22-18-11)17-14(20)10-19(2)7-8-21-13-5-3-12(16)4-6-13/h3-6,9H,7-8,10H2,1-2H3,(H,17,20). The van der Waals surface area contributed by atoms with E-state index in [-0.39, 0.29) is 12.5 Å². The first kappa shape index (κ1) is 16.3. The van der Waals surface area contributed by atoms with Gasteiger partial charge in [-0.2, -0.15) is 0 Å². The summed E-state index contributed by atoms with van der Waals surface area (Å²) in [5.41, 5.74) is 0.722. The van der Waals surface area contributed by atoms with Crippen LogP contribution in [0.5, 0.6) is 5.75 Å². The minimum absolute atomic E-state index is 0.162. The molecule has 1 heterocycles. The quantitative estimate of drug-likeness (QED) is 0.848. The van der Waals surface area contributed by atoms with Crippen molar-refractivity contribution in [1.82, 2.24) is 10.1 Å². The number of aromatic nitrogens is 1. The molecule has 0 aliphatic carbocycles. The molecule has 0 radical (unpaired) electrons. The molecule has 0 bridgehead atoms. The SMILES string of the molecule is Cc1cc(NC(=O)CN(C)CCOc2ccc(Cl)cc2)on1. The normalized spacial score (nSPS) is 10.7. The third-order valence-corrected chi connectivity index (χ3v) is 3.11. The summed E-state index contributed by atoms with van der Waals surface area (Å²) in [7, 11) is 1.84. The zero-order valence-electron chi connectivity index (χ0n) is 12.5. The molecule has 22 heavy (non-hydrogen) atoms. The summed E-state index contributed by atoms with van der Waals surface area (Å²) in [6.45, 7) is 3.13. The number of anilines is 1. The largest absolute Gasteiger partial charge is 0.492 e. The molecule has 2 rings (SSSR count). The summed E-state index contributed by atoms with van der Waals surface area (Å²) in [5.74, 6) is 0.942. The average molecular weight is 324 g/mol. The second-order valence-corrected chi connectivity index (χ2v) is 5.36. The van der Waals surface area contributed by atoms with Crippen LogP contribution >= 0.6 is 11.6 Å². The molecule has 7 heteroatoms. The minimum Gasteiger partial charge on any atom is -0.492 e. The third kappa shape index (κ3) is 5.38. The van der Waals surface area contributed by atoms with Gasteiger partial charge in [0.25, 0.3) is 0 Å². The number of carbonyl (C=O) groups excluding carboxylic acids is 1. The highest BCUT2D eigenvalue weighted by molar-refractivity contribution is 6.30. The van der Waals surface area contributed by atoms with Gasteiger partial charge >= 0.3 is 0 Å². The average Bonchev–Trinajstić information content (AvgIpc) is 2.86. The summed E-state index contributed by atoms with van der Waals surface area (Å²) in [5, 5.41) is 7.02. The highest BCUT2D eigenvalue weighted by Crippen LogP contribution is 2.15. The lowest BCUT2D eigenvalue weighted by Crippen LogP contribution is -2.33. The Labute approximate surface area is 134 Å². The number of benzene rings is 1. The molecule has 1 aromatic heterocycles. The van der Waals surface area contributed by atoms with Crippen LogP contribution in [0.1, 0.15) is 5.69 Å². The molecule has 0 saturated carbocycles.